The minimum absolute atomic E-state index is 0.400. The third-order valence-electron chi connectivity index (χ3n) is 5.61. The highest BCUT2D eigenvalue weighted by Gasteiger charge is 2.12. The molecule has 0 fully saturated rings. The molecule has 0 spiro atoms. The maximum Gasteiger partial charge on any atom is 0.153 e. The first-order chi connectivity index (χ1) is 17.2. The molecule has 186 valence electrons. The zero-order valence-electron chi connectivity index (χ0n) is 21.1. The lowest BCUT2D eigenvalue weighted by atomic mass is 9.94. The smallest absolute Gasteiger partial charge is 0.153 e. The lowest BCUT2D eigenvalue weighted by molar-refractivity contribution is 0.111. The van der Waals surface area contributed by atoms with Crippen LogP contribution in [-0.4, -0.2) is 44.8 Å². The Labute approximate surface area is 208 Å². The number of aliphatic imine (C=N–C) groups is 1. The third-order valence-corrected chi connectivity index (χ3v) is 5.61. The monoisotopic (exact) mass is 475 g/mol. The fraction of sp³-hybridized carbons (Fsp3) is 0.321. The number of nitrogens with one attached hydrogen (secondary N) is 2. The number of nitrogens with zero attached hydrogens (tertiary/aromatic N) is 2. The Morgan fingerprint density at radius 3 is 2.51 bits per heavy atom. The van der Waals surface area contributed by atoms with Gasteiger partial charge >= 0.3 is 0 Å². The zero-order valence-corrected chi connectivity index (χ0v) is 21.1. The van der Waals surface area contributed by atoms with Crippen molar-refractivity contribution in [3.05, 3.63) is 89.1 Å². The maximum absolute atomic E-state index is 11.7. The van der Waals surface area contributed by atoms with E-state index >= 15 is 0 Å². The number of rotatable bonds is 11. The van der Waals surface area contributed by atoms with Gasteiger partial charge in [0.1, 0.15) is 24.0 Å². The first-order valence-corrected chi connectivity index (χ1v) is 11.9. The molecule has 0 aliphatic heterocycles. The van der Waals surface area contributed by atoms with E-state index in [1.807, 2.05) is 55.7 Å². The third kappa shape index (κ3) is 8.31. The Morgan fingerprint density at radius 1 is 1.14 bits per heavy atom. The molecule has 0 radical (unpaired) electrons. The summed E-state index contributed by atoms with van der Waals surface area (Å²) in [5.74, 6) is 2.37. The van der Waals surface area contributed by atoms with Gasteiger partial charge in [0.15, 0.2) is 6.29 Å². The average molecular weight is 476 g/mol. The van der Waals surface area contributed by atoms with Crippen molar-refractivity contribution in [3.63, 3.8) is 0 Å². The molecular formula is C28H37N5O2. The number of aldehydes is 1. The van der Waals surface area contributed by atoms with Crippen molar-refractivity contribution in [2.45, 2.75) is 32.3 Å². The number of aromatic nitrogens is 1. The van der Waals surface area contributed by atoms with E-state index < -0.39 is 0 Å². The van der Waals surface area contributed by atoms with Gasteiger partial charge in [-0.2, -0.15) is 0 Å². The van der Waals surface area contributed by atoms with Crippen molar-refractivity contribution in [3.8, 4) is 5.75 Å². The van der Waals surface area contributed by atoms with Crippen molar-refractivity contribution >= 4 is 17.9 Å². The zero-order chi connectivity index (χ0) is 25.5. The number of nitrogens with two attached hydrogens (primary N) is 1. The van der Waals surface area contributed by atoms with Gasteiger partial charge in [-0.05, 0) is 74.8 Å². The summed E-state index contributed by atoms with van der Waals surface area (Å²) < 4.78 is 5.87. The molecule has 0 bridgehead atoms. The number of hydrogen-bond acceptors (Lipinski definition) is 6. The SMILES string of the molecule is CCC(CCNC)c1ccc(NC(=NC)c2ccc(OCc3ccccc3)c(C=O)c2)nc1.CN. The van der Waals surface area contributed by atoms with Crippen LogP contribution < -0.4 is 21.1 Å². The minimum Gasteiger partial charge on any atom is -0.488 e. The van der Waals surface area contributed by atoms with E-state index in [0.29, 0.717) is 35.5 Å². The van der Waals surface area contributed by atoms with Gasteiger partial charge < -0.3 is 21.1 Å². The van der Waals surface area contributed by atoms with Crippen LogP contribution in [0.4, 0.5) is 5.82 Å². The van der Waals surface area contributed by atoms with Crippen molar-refractivity contribution in [1.82, 2.24) is 10.3 Å². The van der Waals surface area contributed by atoms with Gasteiger partial charge in [0.05, 0.1) is 5.56 Å². The van der Waals surface area contributed by atoms with Gasteiger partial charge in [-0.3, -0.25) is 9.79 Å². The molecule has 0 saturated carbocycles. The maximum atomic E-state index is 11.7. The van der Waals surface area contributed by atoms with E-state index in [1.54, 1.807) is 19.2 Å². The number of carbonyl (C=O) groups is 1. The molecule has 2 aromatic carbocycles. The van der Waals surface area contributed by atoms with E-state index in [1.165, 1.54) is 12.6 Å². The summed E-state index contributed by atoms with van der Waals surface area (Å²) in [5, 5.41) is 6.48. The lowest BCUT2D eigenvalue weighted by Gasteiger charge is -2.16. The number of benzene rings is 2. The van der Waals surface area contributed by atoms with Crippen molar-refractivity contribution in [2.75, 3.05) is 33.0 Å². The highest BCUT2D eigenvalue weighted by molar-refractivity contribution is 6.08. The largest absolute Gasteiger partial charge is 0.488 e. The number of ether oxygens (including phenoxy) is 1. The Balaban J connectivity index is 0.00000210. The molecule has 4 N–H and O–H groups in total. The molecule has 3 rings (SSSR count). The molecule has 0 amide bonds. The van der Waals surface area contributed by atoms with Gasteiger partial charge in [0.25, 0.3) is 0 Å². The summed E-state index contributed by atoms with van der Waals surface area (Å²) in [6.07, 6.45) is 4.89. The van der Waals surface area contributed by atoms with Crippen LogP contribution in [0.5, 0.6) is 5.75 Å². The molecule has 7 nitrogen and oxygen atoms in total. The van der Waals surface area contributed by atoms with Gasteiger partial charge in [-0.1, -0.05) is 43.3 Å². The van der Waals surface area contributed by atoms with Gasteiger partial charge in [0, 0.05) is 18.8 Å². The molecule has 3 aromatic rings. The topological polar surface area (TPSA) is 102 Å². The number of carbonyl (C=O) groups excluding carboxylic acids is 1. The molecule has 35 heavy (non-hydrogen) atoms. The summed E-state index contributed by atoms with van der Waals surface area (Å²) in [4.78, 5) is 20.7. The highest BCUT2D eigenvalue weighted by atomic mass is 16.5. The predicted molar refractivity (Wildman–Crippen MR) is 145 cm³/mol. The van der Waals surface area contributed by atoms with Crippen molar-refractivity contribution in [2.24, 2.45) is 10.7 Å². The second-order valence-corrected chi connectivity index (χ2v) is 7.82. The summed E-state index contributed by atoms with van der Waals surface area (Å²) in [6, 6.07) is 19.4. The van der Waals surface area contributed by atoms with E-state index in [2.05, 4.69) is 39.3 Å². The normalized spacial score (nSPS) is 11.7. The van der Waals surface area contributed by atoms with E-state index in [9.17, 15) is 4.79 Å². The van der Waals surface area contributed by atoms with E-state index in [4.69, 9.17) is 4.74 Å². The fourth-order valence-corrected chi connectivity index (χ4v) is 3.68. The average Bonchev–Trinajstić information content (AvgIpc) is 2.93. The first kappa shape index (κ1) is 27.7. The number of pyridine rings is 1. The fourth-order valence-electron chi connectivity index (χ4n) is 3.68. The molecule has 0 aliphatic rings. The van der Waals surface area contributed by atoms with Crippen molar-refractivity contribution < 1.29 is 9.53 Å². The van der Waals surface area contributed by atoms with Crippen LogP contribution in [0.1, 0.15) is 52.7 Å². The summed E-state index contributed by atoms with van der Waals surface area (Å²) >= 11 is 0. The number of amidine groups is 1. The summed E-state index contributed by atoms with van der Waals surface area (Å²) in [6.45, 7) is 3.58. The quantitative estimate of drug-likeness (QED) is 0.212. The Hall–Kier alpha value is -3.55. The van der Waals surface area contributed by atoms with Crippen LogP contribution in [0.2, 0.25) is 0 Å². The number of hydrogen-bond donors (Lipinski definition) is 3. The van der Waals surface area contributed by atoms with Gasteiger partial charge in [-0.15, -0.1) is 0 Å². The molecule has 1 atom stereocenters. The van der Waals surface area contributed by atoms with Gasteiger partial charge in [0.2, 0.25) is 0 Å². The Kier molecular flexibility index (Phi) is 12.2. The molecule has 0 saturated heterocycles. The summed E-state index contributed by atoms with van der Waals surface area (Å²) in [5.41, 5.74) is 8.04. The molecule has 0 aliphatic carbocycles. The van der Waals surface area contributed by atoms with Crippen LogP contribution in [0.25, 0.3) is 0 Å². The van der Waals surface area contributed by atoms with Gasteiger partial charge in [-0.25, -0.2) is 4.98 Å². The molecule has 7 heteroatoms. The molecule has 1 unspecified atom stereocenters. The minimum atomic E-state index is 0.400. The van der Waals surface area contributed by atoms with E-state index in [-0.39, 0.29) is 0 Å². The highest BCUT2D eigenvalue weighted by Crippen LogP contribution is 2.24. The molecular weight excluding hydrogens is 438 g/mol. The van der Waals surface area contributed by atoms with Crippen LogP contribution in [0, 0.1) is 0 Å². The lowest BCUT2D eigenvalue weighted by Crippen LogP contribution is -2.15. The van der Waals surface area contributed by atoms with Crippen LogP contribution >= 0.6 is 0 Å². The van der Waals surface area contributed by atoms with Crippen LogP contribution in [0.15, 0.2) is 71.9 Å². The van der Waals surface area contributed by atoms with Crippen molar-refractivity contribution in [1.29, 1.82) is 0 Å². The molecule has 1 heterocycles. The molecule has 1 aromatic heterocycles. The Morgan fingerprint density at radius 2 is 1.91 bits per heavy atom. The van der Waals surface area contributed by atoms with Crippen LogP contribution in [-0.2, 0) is 6.61 Å². The first-order valence-electron chi connectivity index (χ1n) is 11.9. The second-order valence-electron chi connectivity index (χ2n) is 7.82. The standard InChI is InChI=1S/C27H32N4O2.CH5N/c1-4-21(14-15-28-2)23-11-13-26(30-17-23)31-27(29-3)22-10-12-25(24(16-22)18-32)33-19-20-8-6-5-7-9-20;1-2/h5-13,16-18,21,28H,4,14-15,19H2,1-3H3,(H,29,30,31);2H2,1H3. The van der Waals surface area contributed by atoms with Crippen LogP contribution in [0.3, 0.4) is 0 Å². The predicted octanol–water partition coefficient (Wildman–Crippen LogP) is 4.64. The second kappa shape index (κ2) is 15.4. The van der Waals surface area contributed by atoms with E-state index in [0.717, 1.165) is 36.8 Å². The Bertz CT molecular complexity index is 1050. The number of anilines is 1. The summed E-state index contributed by atoms with van der Waals surface area (Å²) in [7, 11) is 5.18.